The summed E-state index contributed by atoms with van der Waals surface area (Å²) < 4.78 is 15.1. The Morgan fingerprint density at radius 3 is 2.58 bits per heavy atom. The van der Waals surface area contributed by atoms with Crippen molar-refractivity contribution < 1.29 is 18.8 Å². The molecule has 0 atom stereocenters. The van der Waals surface area contributed by atoms with Crippen LogP contribution in [0.3, 0.4) is 0 Å². The van der Waals surface area contributed by atoms with E-state index in [0.717, 1.165) is 15.6 Å². The van der Waals surface area contributed by atoms with Gasteiger partial charge >= 0.3 is 0 Å². The number of ketones is 1. The van der Waals surface area contributed by atoms with Gasteiger partial charge in [0.05, 0.1) is 28.5 Å². The van der Waals surface area contributed by atoms with Gasteiger partial charge in [-0.3, -0.25) is 14.4 Å². The van der Waals surface area contributed by atoms with Crippen LogP contribution in [0.15, 0.2) is 18.2 Å². The second-order valence-electron chi connectivity index (χ2n) is 8.32. The number of benzene rings is 1. The van der Waals surface area contributed by atoms with E-state index in [9.17, 15) is 18.8 Å². The largest absolute Gasteiger partial charge is 0.344 e. The van der Waals surface area contributed by atoms with E-state index in [1.54, 1.807) is 54.7 Å². The van der Waals surface area contributed by atoms with Gasteiger partial charge in [-0.2, -0.15) is 0 Å². The summed E-state index contributed by atoms with van der Waals surface area (Å²) in [5.74, 6) is -2.00. The number of rotatable bonds is 4. The number of fused-ring (bicyclic) bond motifs is 1. The lowest BCUT2D eigenvalue weighted by atomic mass is 10.1. The van der Waals surface area contributed by atoms with Gasteiger partial charge in [0.15, 0.2) is 0 Å². The fraction of sp³-hybridized carbons (Fsp3) is 0.333. The Morgan fingerprint density at radius 1 is 1.15 bits per heavy atom. The van der Waals surface area contributed by atoms with Crippen molar-refractivity contribution in [3.05, 3.63) is 67.7 Å². The average Bonchev–Trinajstić information content (AvgIpc) is 3.24. The van der Waals surface area contributed by atoms with Crippen LogP contribution in [-0.2, 0) is 24.8 Å². The molecule has 0 unspecified atom stereocenters. The van der Waals surface area contributed by atoms with Crippen molar-refractivity contribution >= 4 is 34.6 Å². The molecular weight excluding hydrogens is 443 g/mol. The van der Waals surface area contributed by atoms with E-state index in [1.165, 1.54) is 12.1 Å². The molecule has 33 heavy (non-hydrogen) atoms. The minimum Gasteiger partial charge on any atom is -0.344 e. The van der Waals surface area contributed by atoms with Crippen LogP contribution in [0.1, 0.15) is 53.2 Å². The van der Waals surface area contributed by atoms with Gasteiger partial charge in [0.25, 0.3) is 17.6 Å². The molecule has 1 aliphatic heterocycles. The summed E-state index contributed by atoms with van der Waals surface area (Å²) in [5.41, 5.74) is 3.40. The lowest BCUT2D eigenvalue weighted by molar-refractivity contribution is -0.127. The zero-order valence-corrected chi connectivity index (χ0v) is 20.0. The number of nitrogens with one attached hydrogen (secondary N) is 1. The van der Waals surface area contributed by atoms with Gasteiger partial charge in [-0.25, -0.2) is 9.37 Å². The number of hydrogen-bond acceptors (Lipinski definition) is 5. The normalized spacial score (nSPS) is 13.1. The monoisotopic (exact) mass is 468 g/mol. The van der Waals surface area contributed by atoms with Crippen molar-refractivity contribution in [3.63, 3.8) is 0 Å². The fourth-order valence-corrected chi connectivity index (χ4v) is 5.29. The van der Waals surface area contributed by atoms with Gasteiger partial charge in [-0.05, 0) is 57.0 Å². The number of aromatic nitrogens is 2. The van der Waals surface area contributed by atoms with Gasteiger partial charge in [0, 0.05) is 36.3 Å². The molecule has 0 saturated carbocycles. The van der Waals surface area contributed by atoms with Gasteiger partial charge in [-0.1, -0.05) is 0 Å². The first-order valence-corrected chi connectivity index (χ1v) is 11.4. The maximum Gasteiger partial charge on any atom is 0.296 e. The number of aryl methyl sites for hydroxylation is 2. The smallest absolute Gasteiger partial charge is 0.296 e. The number of amides is 2. The van der Waals surface area contributed by atoms with Gasteiger partial charge in [0.2, 0.25) is 0 Å². The number of hydrogen-bond donors (Lipinski definition) is 1. The molecule has 2 aromatic heterocycles. The molecule has 1 aliphatic rings. The first kappa shape index (κ1) is 22.8. The highest BCUT2D eigenvalue weighted by molar-refractivity contribution is 7.11. The topological polar surface area (TPSA) is 84.3 Å². The van der Waals surface area contributed by atoms with Crippen LogP contribution in [0.4, 0.5) is 10.1 Å². The number of Topliss-reactive ketones (excluding diaryl/α,β-unsaturated/α-hetero) is 1. The number of nitrogens with zero attached hydrogens (tertiary/aromatic N) is 3. The minimum absolute atomic E-state index is 0.198. The Kier molecular flexibility index (Phi) is 5.92. The predicted octanol–water partition coefficient (Wildman–Crippen LogP) is 3.87. The highest BCUT2D eigenvalue weighted by Gasteiger charge is 2.33. The minimum atomic E-state index is -0.639. The summed E-state index contributed by atoms with van der Waals surface area (Å²) in [6.45, 7) is 7.73. The van der Waals surface area contributed by atoms with Crippen molar-refractivity contribution in [2.75, 3.05) is 11.9 Å². The van der Waals surface area contributed by atoms with E-state index in [-0.39, 0.29) is 11.5 Å². The highest BCUT2D eigenvalue weighted by atomic mass is 32.1. The second kappa shape index (κ2) is 8.55. The van der Waals surface area contributed by atoms with Crippen LogP contribution in [0.25, 0.3) is 0 Å². The standard InChI is InChI=1S/C24H25FN4O3S/c1-12-10-16(6-7-17(12)25)27-23(31)20-13(2)21(28(5)14(20)3)22(30)24(32)29-9-8-18-19(11-29)33-15(4)26-18/h6-7,10H,8-9,11H2,1-5H3,(H,27,31). The van der Waals surface area contributed by atoms with Crippen LogP contribution in [-0.4, -0.2) is 38.6 Å². The third kappa shape index (κ3) is 4.08. The van der Waals surface area contributed by atoms with Crippen LogP contribution >= 0.6 is 11.3 Å². The van der Waals surface area contributed by atoms with Crippen molar-refractivity contribution in [3.8, 4) is 0 Å². The van der Waals surface area contributed by atoms with Crippen LogP contribution in [0, 0.1) is 33.5 Å². The van der Waals surface area contributed by atoms with Crippen molar-refractivity contribution in [1.29, 1.82) is 0 Å². The molecule has 9 heteroatoms. The average molecular weight is 469 g/mol. The van der Waals surface area contributed by atoms with Gasteiger partial charge < -0.3 is 14.8 Å². The number of halogens is 1. The Morgan fingerprint density at radius 2 is 1.88 bits per heavy atom. The van der Waals surface area contributed by atoms with Crippen LogP contribution in [0.5, 0.6) is 0 Å². The maximum absolute atomic E-state index is 13.6. The van der Waals surface area contributed by atoms with Crippen LogP contribution < -0.4 is 5.32 Å². The molecule has 0 radical (unpaired) electrons. The van der Waals surface area contributed by atoms with E-state index < -0.39 is 17.6 Å². The maximum atomic E-state index is 13.6. The number of anilines is 1. The molecule has 0 bridgehead atoms. The molecule has 0 fully saturated rings. The zero-order chi connectivity index (χ0) is 24.0. The SMILES string of the molecule is Cc1nc2c(s1)CN(C(=O)C(=O)c1c(C)c(C(=O)Nc3ccc(F)c(C)c3)c(C)n1C)CC2. The molecule has 3 aromatic rings. The van der Waals surface area contributed by atoms with E-state index in [4.69, 9.17) is 0 Å². The molecule has 7 nitrogen and oxygen atoms in total. The van der Waals surface area contributed by atoms with E-state index in [2.05, 4.69) is 10.3 Å². The lowest BCUT2D eigenvalue weighted by Crippen LogP contribution is -2.40. The Balaban J connectivity index is 1.59. The second-order valence-corrected chi connectivity index (χ2v) is 9.61. The third-order valence-corrected chi connectivity index (χ3v) is 7.11. The Hall–Kier alpha value is -3.33. The van der Waals surface area contributed by atoms with Gasteiger partial charge in [-0.15, -0.1) is 11.3 Å². The molecule has 3 heterocycles. The summed E-state index contributed by atoms with van der Waals surface area (Å²) >= 11 is 1.54. The molecule has 1 aromatic carbocycles. The molecule has 0 saturated heterocycles. The molecule has 2 amide bonds. The molecule has 172 valence electrons. The summed E-state index contributed by atoms with van der Waals surface area (Å²) in [6.07, 6.45) is 0.620. The number of carbonyl (C=O) groups excluding carboxylic acids is 3. The first-order valence-electron chi connectivity index (χ1n) is 10.6. The van der Waals surface area contributed by atoms with Gasteiger partial charge in [0.1, 0.15) is 5.82 Å². The van der Waals surface area contributed by atoms with Crippen molar-refractivity contribution in [2.24, 2.45) is 7.05 Å². The van der Waals surface area contributed by atoms with Crippen LogP contribution in [0.2, 0.25) is 0 Å². The summed E-state index contributed by atoms with van der Waals surface area (Å²) in [7, 11) is 1.67. The third-order valence-electron chi connectivity index (χ3n) is 6.11. The molecule has 4 rings (SSSR count). The fourth-order valence-electron chi connectivity index (χ4n) is 4.29. The highest BCUT2D eigenvalue weighted by Crippen LogP contribution is 2.27. The van der Waals surface area contributed by atoms with Crippen molar-refractivity contribution in [1.82, 2.24) is 14.5 Å². The van der Waals surface area contributed by atoms with Crippen molar-refractivity contribution in [2.45, 2.75) is 40.7 Å². The predicted molar refractivity (Wildman–Crippen MR) is 124 cm³/mol. The molecular formula is C24H25FN4O3S. The summed E-state index contributed by atoms with van der Waals surface area (Å²) in [4.78, 5) is 46.4. The Bertz CT molecular complexity index is 1310. The molecule has 0 spiro atoms. The quantitative estimate of drug-likeness (QED) is 0.465. The molecule has 1 N–H and O–H groups in total. The lowest BCUT2D eigenvalue weighted by Gasteiger charge is -2.25. The zero-order valence-electron chi connectivity index (χ0n) is 19.2. The van der Waals surface area contributed by atoms with E-state index >= 15 is 0 Å². The summed E-state index contributed by atoms with van der Waals surface area (Å²) in [5, 5.41) is 3.71. The Labute approximate surface area is 195 Å². The number of thiazole rings is 1. The van der Waals surface area contributed by atoms with E-state index in [1.807, 2.05) is 6.92 Å². The number of carbonyl (C=O) groups is 3. The summed E-state index contributed by atoms with van der Waals surface area (Å²) in [6, 6.07) is 4.31. The molecule has 0 aliphatic carbocycles. The van der Waals surface area contributed by atoms with E-state index in [0.29, 0.717) is 47.6 Å². The first-order chi connectivity index (χ1) is 15.6.